The largest absolute Gasteiger partial charge is 0.489 e. The molecule has 0 aliphatic carbocycles. The van der Waals surface area contributed by atoms with Gasteiger partial charge in [-0.15, -0.1) is 0 Å². The van der Waals surface area contributed by atoms with Gasteiger partial charge in [-0.1, -0.05) is 42.5 Å². The Balaban J connectivity index is 1.56. The lowest BCUT2D eigenvalue weighted by Crippen LogP contribution is -2.17. The van der Waals surface area contributed by atoms with E-state index in [-0.39, 0.29) is 0 Å². The fourth-order valence-corrected chi connectivity index (χ4v) is 2.64. The summed E-state index contributed by atoms with van der Waals surface area (Å²) < 4.78 is 5.91. The Morgan fingerprint density at radius 2 is 1.50 bits per heavy atom. The zero-order chi connectivity index (χ0) is 16.6. The number of hydrogen-bond acceptors (Lipinski definition) is 3. The molecule has 0 fully saturated rings. The van der Waals surface area contributed by atoms with Crippen molar-refractivity contribution in [3.8, 4) is 5.75 Å². The second kappa shape index (κ2) is 8.27. The molecule has 3 heteroatoms. The molecule has 0 amide bonds. The van der Waals surface area contributed by atoms with Gasteiger partial charge < -0.3 is 4.74 Å². The van der Waals surface area contributed by atoms with Crippen molar-refractivity contribution in [3.05, 3.63) is 95.8 Å². The first kappa shape index (κ1) is 16.2. The predicted molar refractivity (Wildman–Crippen MR) is 96.6 cm³/mol. The molecule has 0 aliphatic heterocycles. The van der Waals surface area contributed by atoms with Crippen LogP contribution in [0.2, 0.25) is 0 Å². The minimum atomic E-state index is 0.594. The van der Waals surface area contributed by atoms with E-state index in [1.165, 1.54) is 16.7 Å². The van der Waals surface area contributed by atoms with Gasteiger partial charge in [-0.25, -0.2) is 0 Å². The number of nitrogens with zero attached hydrogens (tertiary/aromatic N) is 2. The second-order valence-corrected chi connectivity index (χ2v) is 5.95. The van der Waals surface area contributed by atoms with Gasteiger partial charge in [-0.05, 0) is 48.0 Å². The van der Waals surface area contributed by atoms with Gasteiger partial charge in [0, 0.05) is 25.5 Å². The molecule has 0 bridgehead atoms. The minimum absolute atomic E-state index is 0.594. The van der Waals surface area contributed by atoms with E-state index in [1.54, 1.807) is 0 Å². The van der Waals surface area contributed by atoms with Crippen LogP contribution in [-0.2, 0) is 19.7 Å². The van der Waals surface area contributed by atoms with E-state index in [1.807, 2.05) is 36.7 Å². The van der Waals surface area contributed by atoms with E-state index in [2.05, 4.69) is 59.4 Å². The summed E-state index contributed by atoms with van der Waals surface area (Å²) in [6.45, 7) is 2.37. The van der Waals surface area contributed by atoms with Crippen LogP contribution in [0.3, 0.4) is 0 Å². The number of hydrogen-bond donors (Lipinski definition) is 0. The third-order valence-corrected chi connectivity index (χ3v) is 3.80. The Hall–Kier alpha value is -2.65. The lowest BCUT2D eigenvalue weighted by molar-refractivity contribution is 0.301. The van der Waals surface area contributed by atoms with Gasteiger partial charge in [0.1, 0.15) is 12.4 Å². The Morgan fingerprint density at radius 3 is 2.29 bits per heavy atom. The van der Waals surface area contributed by atoms with E-state index in [4.69, 9.17) is 4.74 Å². The number of rotatable bonds is 7. The molecule has 0 radical (unpaired) electrons. The average Bonchev–Trinajstić information content (AvgIpc) is 2.62. The molecule has 0 saturated carbocycles. The molecular weight excluding hydrogens is 296 g/mol. The first-order chi connectivity index (χ1) is 11.8. The van der Waals surface area contributed by atoms with Crippen molar-refractivity contribution >= 4 is 0 Å². The lowest BCUT2D eigenvalue weighted by atomic mass is 10.2. The third-order valence-electron chi connectivity index (χ3n) is 3.80. The standard InChI is InChI=1S/C21H22N2O/c1-23(15-18-10-12-22-13-11-18)16-20-8-5-9-21(14-20)24-17-19-6-3-2-4-7-19/h2-14H,15-17H2,1H3. The van der Waals surface area contributed by atoms with E-state index < -0.39 is 0 Å². The van der Waals surface area contributed by atoms with Crippen molar-refractivity contribution in [2.24, 2.45) is 0 Å². The molecule has 0 N–H and O–H groups in total. The quantitative estimate of drug-likeness (QED) is 0.650. The molecule has 3 nitrogen and oxygen atoms in total. The first-order valence-corrected chi connectivity index (χ1v) is 8.13. The molecule has 122 valence electrons. The van der Waals surface area contributed by atoms with Crippen molar-refractivity contribution in [2.75, 3.05) is 7.05 Å². The van der Waals surface area contributed by atoms with Crippen LogP contribution in [0.25, 0.3) is 0 Å². The Kier molecular flexibility index (Phi) is 5.59. The summed E-state index contributed by atoms with van der Waals surface area (Å²) in [4.78, 5) is 6.34. The molecular formula is C21H22N2O. The van der Waals surface area contributed by atoms with Crippen LogP contribution in [0.1, 0.15) is 16.7 Å². The van der Waals surface area contributed by atoms with Gasteiger partial charge in [-0.2, -0.15) is 0 Å². The smallest absolute Gasteiger partial charge is 0.120 e. The van der Waals surface area contributed by atoms with E-state index in [0.717, 1.165) is 18.8 Å². The highest BCUT2D eigenvalue weighted by Gasteiger charge is 2.03. The maximum atomic E-state index is 5.91. The maximum Gasteiger partial charge on any atom is 0.120 e. The average molecular weight is 318 g/mol. The van der Waals surface area contributed by atoms with Gasteiger partial charge in [0.15, 0.2) is 0 Å². The molecule has 0 aliphatic rings. The van der Waals surface area contributed by atoms with Crippen LogP contribution < -0.4 is 4.74 Å². The van der Waals surface area contributed by atoms with Crippen molar-refractivity contribution in [3.63, 3.8) is 0 Å². The fraction of sp³-hybridized carbons (Fsp3) is 0.190. The van der Waals surface area contributed by atoms with Gasteiger partial charge in [0.05, 0.1) is 0 Å². The molecule has 1 heterocycles. The Morgan fingerprint density at radius 1 is 0.792 bits per heavy atom. The topological polar surface area (TPSA) is 25.4 Å². The van der Waals surface area contributed by atoms with Crippen LogP contribution in [0, 0.1) is 0 Å². The highest BCUT2D eigenvalue weighted by Crippen LogP contribution is 2.17. The van der Waals surface area contributed by atoms with E-state index in [0.29, 0.717) is 6.61 Å². The zero-order valence-electron chi connectivity index (χ0n) is 13.9. The van der Waals surface area contributed by atoms with Crippen molar-refractivity contribution in [2.45, 2.75) is 19.7 Å². The fourth-order valence-electron chi connectivity index (χ4n) is 2.64. The zero-order valence-corrected chi connectivity index (χ0v) is 13.9. The van der Waals surface area contributed by atoms with Crippen LogP contribution in [0.5, 0.6) is 5.75 Å². The maximum absolute atomic E-state index is 5.91. The van der Waals surface area contributed by atoms with Gasteiger partial charge in [0.25, 0.3) is 0 Å². The molecule has 0 unspecified atom stereocenters. The highest BCUT2D eigenvalue weighted by atomic mass is 16.5. The van der Waals surface area contributed by atoms with Crippen molar-refractivity contribution in [1.29, 1.82) is 0 Å². The third kappa shape index (κ3) is 4.93. The van der Waals surface area contributed by atoms with Crippen LogP contribution >= 0.6 is 0 Å². The molecule has 3 rings (SSSR count). The summed E-state index contributed by atoms with van der Waals surface area (Å²) in [7, 11) is 2.12. The summed E-state index contributed by atoms with van der Waals surface area (Å²) in [5.41, 5.74) is 3.69. The predicted octanol–water partition coefficient (Wildman–Crippen LogP) is 4.29. The van der Waals surface area contributed by atoms with Crippen LogP contribution in [-0.4, -0.2) is 16.9 Å². The lowest BCUT2D eigenvalue weighted by Gasteiger charge is -2.17. The molecule has 0 spiro atoms. The molecule has 0 saturated heterocycles. The molecule has 3 aromatic rings. The second-order valence-electron chi connectivity index (χ2n) is 5.95. The molecule has 1 aromatic heterocycles. The number of aromatic nitrogens is 1. The summed E-state index contributed by atoms with van der Waals surface area (Å²) in [5, 5.41) is 0. The summed E-state index contributed by atoms with van der Waals surface area (Å²) in [6.07, 6.45) is 3.67. The Labute approximate surface area is 143 Å². The van der Waals surface area contributed by atoms with E-state index in [9.17, 15) is 0 Å². The van der Waals surface area contributed by atoms with Crippen LogP contribution in [0.15, 0.2) is 79.1 Å². The molecule has 0 atom stereocenters. The molecule has 2 aromatic carbocycles. The monoisotopic (exact) mass is 318 g/mol. The highest BCUT2D eigenvalue weighted by molar-refractivity contribution is 5.29. The Bertz CT molecular complexity index is 744. The van der Waals surface area contributed by atoms with Gasteiger partial charge >= 0.3 is 0 Å². The molecule has 24 heavy (non-hydrogen) atoms. The van der Waals surface area contributed by atoms with Crippen molar-refractivity contribution in [1.82, 2.24) is 9.88 Å². The van der Waals surface area contributed by atoms with Gasteiger partial charge in [-0.3, -0.25) is 9.88 Å². The first-order valence-electron chi connectivity index (χ1n) is 8.13. The summed E-state index contributed by atoms with van der Waals surface area (Å²) in [6, 6.07) is 22.6. The SMILES string of the molecule is CN(Cc1ccncc1)Cc1cccc(OCc2ccccc2)c1. The van der Waals surface area contributed by atoms with Crippen molar-refractivity contribution < 1.29 is 4.74 Å². The summed E-state index contributed by atoms with van der Waals surface area (Å²) >= 11 is 0. The number of benzene rings is 2. The number of ether oxygens (including phenoxy) is 1. The summed E-state index contributed by atoms with van der Waals surface area (Å²) in [5.74, 6) is 0.911. The number of pyridine rings is 1. The normalized spacial score (nSPS) is 10.8. The minimum Gasteiger partial charge on any atom is -0.489 e. The van der Waals surface area contributed by atoms with Crippen LogP contribution in [0.4, 0.5) is 0 Å². The van der Waals surface area contributed by atoms with Gasteiger partial charge in [0.2, 0.25) is 0 Å². The van der Waals surface area contributed by atoms with E-state index >= 15 is 0 Å².